The van der Waals surface area contributed by atoms with Crippen LogP contribution >= 0.6 is 0 Å². The molecule has 2 aromatic rings. The quantitative estimate of drug-likeness (QED) is 0.842. The molecule has 0 amide bonds. The Morgan fingerprint density at radius 2 is 1.46 bits per heavy atom. The average molecular weight is 349 g/mol. The number of rotatable bonds is 5. The summed E-state index contributed by atoms with van der Waals surface area (Å²) in [7, 11) is 0. The predicted octanol–water partition coefficient (Wildman–Crippen LogP) is 2.52. The van der Waals surface area contributed by atoms with E-state index in [-0.39, 0.29) is 6.61 Å². The summed E-state index contributed by atoms with van der Waals surface area (Å²) < 4.78 is 0. The molecule has 0 spiro atoms. The van der Waals surface area contributed by atoms with E-state index in [0.717, 1.165) is 44.8 Å². The molecule has 2 heterocycles. The van der Waals surface area contributed by atoms with Crippen LogP contribution < -0.4 is 0 Å². The van der Waals surface area contributed by atoms with Gasteiger partial charge < -0.3 is 5.11 Å². The highest BCUT2D eigenvalue weighted by atomic mass is 16.2. The van der Waals surface area contributed by atoms with Crippen molar-refractivity contribution in [2.24, 2.45) is 0 Å². The maximum absolute atomic E-state index is 8.78. The minimum Gasteiger partial charge on any atom is -0.395 e. The van der Waals surface area contributed by atoms with Crippen molar-refractivity contribution in [3.8, 4) is 11.8 Å². The van der Waals surface area contributed by atoms with E-state index in [1.54, 1.807) is 0 Å². The Hall–Kier alpha value is -2.19. The van der Waals surface area contributed by atoms with Crippen molar-refractivity contribution in [1.29, 1.82) is 0 Å². The molecule has 26 heavy (non-hydrogen) atoms. The minimum absolute atomic E-state index is 0.123. The zero-order chi connectivity index (χ0) is 18.0. The van der Waals surface area contributed by atoms with Gasteiger partial charge in [-0.25, -0.2) is 0 Å². The third-order valence-corrected chi connectivity index (χ3v) is 4.67. The first-order valence-electron chi connectivity index (χ1n) is 9.36. The molecule has 1 saturated heterocycles. The van der Waals surface area contributed by atoms with Crippen molar-refractivity contribution in [3.05, 3.63) is 65.5 Å². The van der Waals surface area contributed by atoms with Crippen molar-refractivity contribution >= 4 is 0 Å². The molecule has 1 aliphatic heterocycles. The van der Waals surface area contributed by atoms with Gasteiger partial charge in [-0.15, -0.1) is 0 Å². The monoisotopic (exact) mass is 349 g/mol. The lowest BCUT2D eigenvalue weighted by molar-refractivity contribution is 0.247. The SMILES string of the molecule is OCCC#Cc1ccc(CN2CCCN(Cc3ccncc3)CC2)cc1. The highest BCUT2D eigenvalue weighted by Gasteiger charge is 2.15. The van der Waals surface area contributed by atoms with Crippen LogP contribution in [0.15, 0.2) is 48.8 Å². The molecular formula is C22H27N3O. The smallest absolute Gasteiger partial charge is 0.0540 e. The molecule has 1 aliphatic rings. The molecule has 0 radical (unpaired) electrons. The summed E-state index contributed by atoms with van der Waals surface area (Å²) in [5.41, 5.74) is 3.69. The van der Waals surface area contributed by atoms with Gasteiger partial charge >= 0.3 is 0 Å². The van der Waals surface area contributed by atoms with Crippen molar-refractivity contribution in [3.63, 3.8) is 0 Å². The van der Waals surface area contributed by atoms with Crippen LogP contribution in [-0.4, -0.2) is 52.7 Å². The van der Waals surface area contributed by atoms with Crippen LogP contribution in [0.3, 0.4) is 0 Å². The van der Waals surface area contributed by atoms with E-state index in [9.17, 15) is 0 Å². The van der Waals surface area contributed by atoms with Gasteiger partial charge in [0.05, 0.1) is 6.61 Å². The van der Waals surface area contributed by atoms with Crippen LogP contribution in [0.5, 0.6) is 0 Å². The van der Waals surface area contributed by atoms with Gasteiger partial charge in [-0.1, -0.05) is 24.0 Å². The van der Waals surface area contributed by atoms with Gasteiger partial charge in [-0.3, -0.25) is 14.8 Å². The van der Waals surface area contributed by atoms with Gasteiger partial charge in [0.2, 0.25) is 0 Å². The second kappa shape index (κ2) is 10.1. The zero-order valence-corrected chi connectivity index (χ0v) is 15.3. The maximum Gasteiger partial charge on any atom is 0.0540 e. The second-order valence-corrected chi connectivity index (χ2v) is 6.73. The number of aliphatic hydroxyl groups is 1. The summed E-state index contributed by atoms with van der Waals surface area (Å²) in [4.78, 5) is 9.17. The van der Waals surface area contributed by atoms with Crippen molar-refractivity contribution in [2.45, 2.75) is 25.9 Å². The summed E-state index contributed by atoms with van der Waals surface area (Å²) in [6.07, 6.45) is 5.48. The Balaban J connectivity index is 1.49. The van der Waals surface area contributed by atoms with Gasteiger partial charge in [-0.2, -0.15) is 0 Å². The molecule has 3 rings (SSSR count). The van der Waals surface area contributed by atoms with Gasteiger partial charge in [0.1, 0.15) is 0 Å². The predicted molar refractivity (Wildman–Crippen MR) is 104 cm³/mol. The first kappa shape index (κ1) is 18.6. The summed E-state index contributed by atoms with van der Waals surface area (Å²) in [5.74, 6) is 6.05. The van der Waals surface area contributed by atoms with Gasteiger partial charge in [0.15, 0.2) is 0 Å². The van der Waals surface area contributed by atoms with Crippen LogP contribution in [0.4, 0.5) is 0 Å². The largest absolute Gasteiger partial charge is 0.395 e. The molecule has 1 aromatic carbocycles. The molecule has 0 saturated carbocycles. The van der Waals surface area contributed by atoms with Crippen molar-refractivity contribution < 1.29 is 5.11 Å². The topological polar surface area (TPSA) is 39.6 Å². The number of aliphatic hydroxyl groups excluding tert-OH is 1. The highest BCUT2D eigenvalue weighted by Crippen LogP contribution is 2.12. The van der Waals surface area contributed by atoms with E-state index < -0.39 is 0 Å². The number of hydrogen-bond donors (Lipinski definition) is 1. The fourth-order valence-corrected chi connectivity index (χ4v) is 3.26. The zero-order valence-electron chi connectivity index (χ0n) is 15.3. The Morgan fingerprint density at radius 1 is 0.846 bits per heavy atom. The van der Waals surface area contributed by atoms with Crippen molar-refractivity contribution in [1.82, 2.24) is 14.8 Å². The molecule has 0 bridgehead atoms. The van der Waals surface area contributed by atoms with Crippen LogP contribution in [-0.2, 0) is 13.1 Å². The van der Waals surface area contributed by atoms with Crippen LogP contribution in [0.1, 0.15) is 29.5 Å². The fourth-order valence-electron chi connectivity index (χ4n) is 3.26. The normalized spacial score (nSPS) is 15.9. The van der Waals surface area contributed by atoms with Gasteiger partial charge in [0.25, 0.3) is 0 Å². The third kappa shape index (κ3) is 5.96. The Labute approximate surface area is 156 Å². The summed E-state index contributed by atoms with van der Waals surface area (Å²) in [6, 6.07) is 12.7. The van der Waals surface area contributed by atoms with Gasteiger partial charge in [0, 0.05) is 50.6 Å². The molecule has 1 aromatic heterocycles. The summed E-state index contributed by atoms with van der Waals surface area (Å²) in [6.45, 7) is 6.63. The first-order chi connectivity index (χ1) is 12.8. The van der Waals surface area contributed by atoms with E-state index in [1.165, 1.54) is 17.5 Å². The van der Waals surface area contributed by atoms with Crippen molar-refractivity contribution in [2.75, 3.05) is 32.8 Å². The highest BCUT2D eigenvalue weighted by molar-refractivity contribution is 5.36. The van der Waals surface area contributed by atoms with Crippen LogP contribution in [0, 0.1) is 11.8 Å². The molecule has 0 aliphatic carbocycles. The number of benzene rings is 1. The molecule has 4 nitrogen and oxygen atoms in total. The lowest BCUT2D eigenvalue weighted by Crippen LogP contribution is -2.30. The number of nitrogens with zero attached hydrogens (tertiary/aromatic N) is 3. The Bertz CT molecular complexity index is 719. The number of hydrogen-bond acceptors (Lipinski definition) is 4. The number of aromatic nitrogens is 1. The van der Waals surface area contributed by atoms with E-state index in [1.807, 2.05) is 12.4 Å². The number of pyridine rings is 1. The Kier molecular flexibility index (Phi) is 7.21. The van der Waals surface area contributed by atoms with Crippen LogP contribution in [0.2, 0.25) is 0 Å². The lowest BCUT2D eigenvalue weighted by Gasteiger charge is -2.22. The summed E-state index contributed by atoms with van der Waals surface area (Å²) >= 11 is 0. The molecule has 0 unspecified atom stereocenters. The van der Waals surface area contributed by atoms with Gasteiger partial charge in [-0.05, 0) is 54.9 Å². The average Bonchev–Trinajstić information content (AvgIpc) is 2.89. The molecule has 4 heteroatoms. The Morgan fingerprint density at radius 3 is 2.08 bits per heavy atom. The molecule has 1 fully saturated rings. The molecule has 136 valence electrons. The van der Waals surface area contributed by atoms with E-state index in [2.05, 4.69) is 63.0 Å². The second-order valence-electron chi connectivity index (χ2n) is 6.73. The molecule has 0 atom stereocenters. The molecule has 1 N–H and O–H groups in total. The van der Waals surface area contributed by atoms with E-state index in [0.29, 0.717) is 6.42 Å². The maximum atomic E-state index is 8.78. The fraction of sp³-hybridized carbons (Fsp3) is 0.409. The van der Waals surface area contributed by atoms with E-state index >= 15 is 0 Å². The standard InChI is InChI=1S/C22H27N3O/c26-17-2-1-4-20-5-7-21(8-6-20)18-24-13-3-14-25(16-15-24)19-22-9-11-23-12-10-22/h5-12,26H,2-3,13-19H2. The first-order valence-corrected chi connectivity index (χ1v) is 9.36. The summed E-state index contributed by atoms with van der Waals surface area (Å²) in [5, 5.41) is 8.78. The van der Waals surface area contributed by atoms with Crippen LogP contribution in [0.25, 0.3) is 0 Å². The molecular weight excluding hydrogens is 322 g/mol. The minimum atomic E-state index is 0.123. The lowest BCUT2D eigenvalue weighted by atomic mass is 10.1. The third-order valence-electron chi connectivity index (χ3n) is 4.67. The van der Waals surface area contributed by atoms with E-state index in [4.69, 9.17) is 5.11 Å².